The Morgan fingerprint density at radius 2 is 0.534 bits per heavy atom. The first-order valence-corrected chi connectivity index (χ1v) is 28.8. The van der Waals surface area contributed by atoms with Gasteiger partial charge in [0.25, 0.3) is 0 Å². The second kappa shape index (κ2) is 18.5. The Bertz CT molecular complexity index is 4040. The van der Waals surface area contributed by atoms with Crippen LogP contribution < -0.4 is 36.7 Å². The fraction of sp³-hybridized carbons (Fsp3) is 0. The van der Waals surface area contributed by atoms with Crippen LogP contribution in [0, 0.1) is 0 Å². The molecule has 13 aromatic rings. The molecule has 0 radical (unpaired) electrons. The third-order valence-corrected chi connectivity index (χ3v) is 22.9. The molecule has 0 fully saturated rings. The molecule has 0 aliphatic rings. The quantitative estimate of drug-likeness (QED) is 0.0578. The molecule has 1 atom stereocenters. The highest BCUT2D eigenvalue weighted by Gasteiger charge is 2.42. The lowest BCUT2D eigenvalue weighted by molar-refractivity contribution is 0.592. The van der Waals surface area contributed by atoms with Gasteiger partial charge in [-0.1, -0.05) is 279 Å². The summed E-state index contributed by atoms with van der Waals surface area (Å²) in [4.78, 5) is 0. The highest BCUT2D eigenvalue weighted by atomic mass is 31.2. The minimum Gasteiger partial charge on any atom is -0.309 e. The fourth-order valence-electron chi connectivity index (χ4n) is 11.6. The van der Waals surface area contributed by atoms with Crippen LogP contribution in [0.25, 0.3) is 76.5 Å². The van der Waals surface area contributed by atoms with Gasteiger partial charge >= 0.3 is 0 Å². The van der Waals surface area contributed by atoms with Crippen molar-refractivity contribution in [1.29, 1.82) is 0 Å². The Kier molecular flexibility index (Phi) is 11.2. The van der Waals surface area contributed by atoms with E-state index in [1.54, 1.807) is 0 Å². The molecule has 0 N–H and O–H groups in total. The van der Waals surface area contributed by atoms with Crippen molar-refractivity contribution in [2.75, 3.05) is 0 Å². The van der Waals surface area contributed by atoms with Crippen LogP contribution in [0.5, 0.6) is 0 Å². The van der Waals surface area contributed by atoms with Crippen molar-refractivity contribution in [2.24, 2.45) is 0 Å². The van der Waals surface area contributed by atoms with E-state index < -0.39 is 15.2 Å². The second-order valence-corrected chi connectivity index (χ2v) is 25.6. The molecular formula is C70H49OPSi. The standard InChI is InChI=1S/C70H49OPSi/c71-72(58-21-5-1-6-22-58,60-43-45-64(46-44-60)73(61-23-7-2-8-24-61,62-25-9-3-10-26-62)63-27-11-4-12-28-63)59-41-39-51(40-42-59)53-34-35-55-49-57(38-36-54(55)47-53)70-67-31-17-15-29-65(67)69(66-30-16-18-32-68(66)70)56-37-33-50-19-13-14-20-52(50)48-56/h1-49H. The summed E-state index contributed by atoms with van der Waals surface area (Å²) in [5.41, 5.74) is 7.13. The van der Waals surface area contributed by atoms with Gasteiger partial charge in [-0.25, -0.2) is 0 Å². The SMILES string of the molecule is O=P(c1ccccc1)(c1ccc(-c2ccc3cc(-c4c5ccccc5c(-c5ccc6ccccc6c5)c5ccccc45)ccc3c2)cc1)c1ccc([Si](c2ccccc2)(c2ccccc2)c2ccccc2)cc1. The van der Waals surface area contributed by atoms with E-state index in [-0.39, 0.29) is 0 Å². The summed E-state index contributed by atoms with van der Waals surface area (Å²) in [6.45, 7) is 0. The minimum absolute atomic E-state index is 0.810. The van der Waals surface area contributed by atoms with Gasteiger partial charge in [-0.15, -0.1) is 0 Å². The monoisotopic (exact) mass is 964 g/mol. The maximum Gasteiger partial charge on any atom is 0.179 e. The summed E-state index contributed by atoms with van der Waals surface area (Å²) in [5.74, 6) is 0. The number of hydrogen-bond donors (Lipinski definition) is 0. The van der Waals surface area contributed by atoms with E-state index in [9.17, 15) is 0 Å². The molecule has 0 saturated heterocycles. The maximum absolute atomic E-state index is 16.1. The first kappa shape index (κ1) is 44.3. The van der Waals surface area contributed by atoms with Crippen LogP contribution in [0.4, 0.5) is 0 Å². The summed E-state index contributed by atoms with van der Waals surface area (Å²) in [6.07, 6.45) is 0. The van der Waals surface area contributed by atoms with Gasteiger partial charge in [0.05, 0.1) is 0 Å². The number of rotatable bonds is 10. The smallest absolute Gasteiger partial charge is 0.179 e. The van der Waals surface area contributed by atoms with Crippen LogP contribution in [-0.2, 0) is 4.57 Å². The number of benzene rings is 13. The molecule has 13 aromatic carbocycles. The first-order valence-electron chi connectivity index (χ1n) is 25.1. The summed E-state index contributed by atoms with van der Waals surface area (Å²) in [5, 5.41) is 17.4. The van der Waals surface area contributed by atoms with E-state index in [4.69, 9.17) is 0 Å². The molecule has 3 heteroatoms. The molecule has 1 nitrogen and oxygen atoms in total. The molecule has 73 heavy (non-hydrogen) atoms. The molecule has 0 bridgehead atoms. The van der Waals surface area contributed by atoms with Crippen molar-refractivity contribution in [2.45, 2.75) is 0 Å². The third-order valence-electron chi connectivity index (χ3n) is 15.1. The zero-order valence-corrected chi connectivity index (χ0v) is 42.0. The fourth-order valence-corrected chi connectivity index (χ4v) is 19.0. The van der Waals surface area contributed by atoms with E-state index in [0.29, 0.717) is 0 Å². The highest BCUT2D eigenvalue weighted by molar-refractivity contribution is 7.85. The van der Waals surface area contributed by atoms with Crippen molar-refractivity contribution in [3.05, 3.63) is 297 Å². The average molecular weight is 965 g/mol. The third kappa shape index (κ3) is 7.58. The van der Waals surface area contributed by atoms with Gasteiger partial charge in [-0.05, 0) is 115 Å². The minimum atomic E-state index is -3.30. The lowest BCUT2D eigenvalue weighted by atomic mass is 9.85. The van der Waals surface area contributed by atoms with Gasteiger partial charge in [0.1, 0.15) is 0 Å². The van der Waals surface area contributed by atoms with E-state index in [0.717, 1.165) is 27.0 Å². The molecule has 1 unspecified atom stereocenters. The zero-order chi connectivity index (χ0) is 48.8. The molecule has 0 aromatic heterocycles. The van der Waals surface area contributed by atoms with E-state index >= 15 is 4.57 Å². The summed E-state index contributed by atoms with van der Waals surface area (Å²) in [6, 6.07) is 107. The van der Waals surface area contributed by atoms with E-state index in [1.807, 2.05) is 30.3 Å². The van der Waals surface area contributed by atoms with E-state index in [1.165, 1.54) is 86.1 Å². The van der Waals surface area contributed by atoms with Crippen LogP contribution >= 0.6 is 7.14 Å². The van der Waals surface area contributed by atoms with Crippen molar-refractivity contribution in [3.8, 4) is 33.4 Å². The molecule has 13 rings (SSSR count). The second-order valence-electron chi connectivity index (χ2n) is 19.1. The van der Waals surface area contributed by atoms with Crippen molar-refractivity contribution < 1.29 is 4.57 Å². The van der Waals surface area contributed by atoms with Gasteiger partial charge in [-0.3, -0.25) is 0 Å². The lowest BCUT2D eigenvalue weighted by Gasteiger charge is -2.34. The van der Waals surface area contributed by atoms with Gasteiger partial charge in [-0.2, -0.15) is 0 Å². The summed E-state index contributed by atoms with van der Waals surface area (Å²) < 4.78 is 16.1. The molecule has 0 saturated carbocycles. The zero-order valence-electron chi connectivity index (χ0n) is 40.1. The average Bonchev–Trinajstić information content (AvgIpc) is 3.47. The predicted octanol–water partition coefficient (Wildman–Crippen LogP) is 14.3. The molecule has 0 aliphatic carbocycles. The molecule has 0 spiro atoms. The van der Waals surface area contributed by atoms with Gasteiger partial charge in [0.2, 0.25) is 0 Å². The Labute approximate surface area is 427 Å². The number of hydrogen-bond acceptors (Lipinski definition) is 1. The molecule has 0 aliphatic heterocycles. The van der Waals surface area contributed by atoms with Crippen molar-refractivity contribution in [3.63, 3.8) is 0 Å². The Morgan fingerprint density at radius 1 is 0.233 bits per heavy atom. The Hall–Kier alpha value is -8.65. The van der Waals surface area contributed by atoms with Crippen LogP contribution in [-0.4, -0.2) is 8.07 Å². The summed E-state index contributed by atoms with van der Waals surface area (Å²) in [7, 11) is -6.06. The Balaban J connectivity index is 0.865. The molecular weight excluding hydrogens is 916 g/mol. The van der Waals surface area contributed by atoms with Crippen LogP contribution in [0.3, 0.4) is 0 Å². The van der Waals surface area contributed by atoms with Crippen molar-refractivity contribution in [1.82, 2.24) is 0 Å². The lowest BCUT2D eigenvalue weighted by Crippen LogP contribution is -2.74. The van der Waals surface area contributed by atoms with Crippen LogP contribution in [0.1, 0.15) is 0 Å². The van der Waals surface area contributed by atoms with E-state index in [2.05, 4.69) is 267 Å². The topological polar surface area (TPSA) is 17.1 Å². The van der Waals surface area contributed by atoms with Crippen LogP contribution in [0.15, 0.2) is 297 Å². The molecule has 0 heterocycles. The molecule has 344 valence electrons. The highest BCUT2D eigenvalue weighted by Crippen LogP contribution is 2.46. The van der Waals surface area contributed by atoms with Crippen molar-refractivity contribution >= 4 is 95.0 Å². The van der Waals surface area contributed by atoms with Gasteiger partial charge in [0.15, 0.2) is 15.2 Å². The predicted molar refractivity (Wildman–Crippen MR) is 316 cm³/mol. The molecule has 0 amide bonds. The van der Waals surface area contributed by atoms with Crippen LogP contribution in [0.2, 0.25) is 0 Å². The maximum atomic E-state index is 16.1. The first-order chi connectivity index (χ1) is 36.1. The Morgan fingerprint density at radius 3 is 1.00 bits per heavy atom. The van der Waals surface area contributed by atoms with Gasteiger partial charge < -0.3 is 4.57 Å². The normalized spacial score (nSPS) is 12.5. The number of fused-ring (bicyclic) bond motifs is 4. The van der Waals surface area contributed by atoms with Gasteiger partial charge in [0, 0.05) is 15.9 Å². The largest absolute Gasteiger partial charge is 0.309 e. The summed E-state index contributed by atoms with van der Waals surface area (Å²) >= 11 is 0.